The largest absolute Gasteiger partial charge is 0.440 e. The number of nitrogen functional groups attached to an aromatic ring is 1. The van der Waals surface area contributed by atoms with E-state index < -0.39 is 0 Å². The van der Waals surface area contributed by atoms with Crippen LogP contribution in [0.1, 0.15) is 19.0 Å². The molecule has 2 heterocycles. The van der Waals surface area contributed by atoms with E-state index in [9.17, 15) is 0 Å². The lowest BCUT2D eigenvalue weighted by molar-refractivity contribution is 0.453. The molecule has 0 fully saturated rings. The van der Waals surface area contributed by atoms with Crippen molar-refractivity contribution in [2.24, 2.45) is 7.05 Å². The molecule has 0 saturated carbocycles. The molecule has 0 aliphatic heterocycles. The molecule has 0 aromatic carbocycles. The van der Waals surface area contributed by atoms with Crippen molar-refractivity contribution in [2.45, 2.75) is 30.0 Å². The fraction of sp³-hybridized carbons (Fsp3) is 0.400. The van der Waals surface area contributed by atoms with Crippen LogP contribution in [0.4, 0.5) is 5.69 Å². The van der Waals surface area contributed by atoms with E-state index in [1.54, 1.807) is 17.1 Å². The summed E-state index contributed by atoms with van der Waals surface area (Å²) in [6.07, 6.45) is 5.08. The highest BCUT2D eigenvalue weighted by Gasteiger charge is 2.15. The van der Waals surface area contributed by atoms with Crippen LogP contribution in [0.3, 0.4) is 0 Å². The number of nitrogens with two attached hydrogens (primary N) is 1. The minimum absolute atomic E-state index is 0.581. The van der Waals surface area contributed by atoms with Gasteiger partial charge in [-0.2, -0.15) is 5.10 Å². The summed E-state index contributed by atoms with van der Waals surface area (Å²) >= 11 is 1.39. The number of nitrogens with zero attached hydrogens (tertiary/aromatic N) is 3. The lowest BCUT2D eigenvalue weighted by atomic mass is 10.2. The minimum atomic E-state index is 0.581. The minimum Gasteiger partial charge on any atom is -0.440 e. The standard InChI is InChI=1S/C10H14N4OS/c1-3-4-7-8(11)9(14(2)13-7)16-10-12-5-6-15-10/h5-6H,3-4,11H2,1-2H3. The maximum absolute atomic E-state index is 6.03. The summed E-state index contributed by atoms with van der Waals surface area (Å²) in [6.45, 7) is 2.11. The zero-order valence-corrected chi connectivity index (χ0v) is 10.1. The van der Waals surface area contributed by atoms with Crippen LogP contribution in [-0.2, 0) is 13.5 Å². The Hall–Kier alpha value is -1.43. The fourth-order valence-corrected chi connectivity index (χ4v) is 2.25. The van der Waals surface area contributed by atoms with Crippen LogP contribution in [0.5, 0.6) is 0 Å². The highest BCUT2D eigenvalue weighted by Crippen LogP contribution is 2.32. The fourth-order valence-electron chi connectivity index (χ4n) is 1.46. The van der Waals surface area contributed by atoms with Gasteiger partial charge in [-0.3, -0.25) is 4.68 Å². The van der Waals surface area contributed by atoms with Gasteiger partial charge in [0.1, 0.15) is 11.3 Å². The molecule has 6 heteroatoms. The quantitative estimate of drug-likeness (QED) is 0.883. The van der Waals surface area contributed by atoms with E-state index in [1.807, 2.05) is 7.05 Å². The highest BCUT2D eigenvalue weighted by molar-refractivity contribution is 7.99. The van der Waals surface area contributed by atoms with Crippen molar-refractivity contribution in [2.75, 3.05) is 5.73 Å². The maximum atomic E-state index is 6.03. The van der Waals surface area contributed by atoms with Gasteiger partial charge in [-0.25, -0.2) is 4.98 Å². The first kappa shape index (κ1) is 11.1. The second-order valence-corrected chi connectivity index (χ2v) is 4.38. The van der Waals surface area contributed by atoms with Crippen LogP contribution >= 0.6 is 11.8 Å². The Kier molecular flexibility index (Phi) is 3.19. The molecule has 2 rings (SSSR count). The Morgan fingerprint density at radius 3 is 3.00 bits per heavy atom. The van der Waals surface area contributed by atoms with Gasteiger partial charge in [0.25, 0.3) is 5.22 Å². The number of anilines is 1. The molecule has 2 N–H and O–H groups in total. The molecule has 0 unspecified atom stereocenters. The monoisotopic (exact) mass is 238 g/mol. The molecule has 0 bridgehead atoms. The predicted octanol–water partition coefficient (Wildman–Crippen LogP) is 2.09. The van der Waals surface area contributed by atoms with E-state index in [2.05, 4.69) is 17.0 Å². The predicted molar refractivity (Wildman–Crippen MR) is 62.2 cm³/mol. The molecule has 5 nitrogen and oxygen atoms in total. The second kappa shape index (κ2) is 4.61. The summed E-state index contributed by atoms with van der Waals surface area (Å²) in [5.74, 6) is 0. The summed E-state index contributed by atoms with van der Waals surface area (Å²) in [5.41, 5.74) is 7.71. The van der Waals surface area contributed by atoms with E-state index >= 15 is 0 Å². The van der Waals surface area contributed by atoms with Gasteiger partial charge < -0.3 is 10.2 Å². The third kappa shape index (κ3) is 2.06. The van der Waals surface area contributed by atoms with Gasteiger partial charge >= 0.3 is 0 Å². The molecule has 0 aliphatic carbocycles. The third-order valence-electron chi connectivity index (χ3n) is 2.19. The smallest absolute Gasteiger partial charge is 0.262 e. The average molecular weight is 238 g/mol. The van der Waals surface area contributed by atoms with Crippen molar-refractivity contribution < 1.29 is 4.42 Å². The molecule has 2 aromatic rings. The average Bonchev–Trinajstić information content (AvgIpc) is 2.84. The Labute approximate surface area is 98.0 Å². The van der Waals surface area contributed by atoms with Crippen molar-refractivity contribution in [1.82, 2.24) is 14.8 Å². The molecule has 86 valence electrons. The summed E-state index contributed by atoms with van der Waals surface area (Å²) < 4.78 is 6.94. The number of hydrogen-bond acceptors (Lipinski definition) is 5. The lowest BCUT2D eigenvalue weighted by Crippen LogP contribution is -1.93. The molecule has 0 atom stereocenters. The molecular formula is C10H14N4OS. The van der Waals surface area contributed by atoms with Crippen molar-refractivity contribution in [3.63, 3.8) is 0 Å². The van der Waals surface area contributed by atoms with Gasteiger partial charge in [-0.15, -0.1) is 0 Å². The SMILES string of the molecule is CCCc1nn(C)c(Sc2ncco2)c1N. The zero-order chi connectivity index (χ0) is 11.5. The van der Waals surface area contributed by atoms with Gasteiger partial charge in [0.15, 0.2) is 0 Å². The van der Waals surface area contributed by atoms with Crippen LogP contribution in [-0.4, -0.2) is 14.8 Å². The lowest BCUT2D eigenvalue weighted by Gasteiger charge is -1.98. The molecule has 16 heavy (non-hydrogen) atoms. The Bertz CT molecular complexity index is 463. The molecule has 0 saturated heterocycles. The topological polar surface area (TPSA) is 69.9 Å². The first-order chi connectivity index (χ1) is 7.72. The van der Waals surface area contributed by atoms with Crippen molar-refractivity contribution in [3.8, 4) is 0 Å². The van der Waals surface area contributed by atoms with Gasteiger partial charge in [0.05, 0.1) is 17.6 Å². The Balaban J connectivity index is 2.26. The number of oxazole rings is 1. The van der Waals surface area contributed by atoms with Crippen LogP contribution in [0.25, 0.3) is 0 Å². The van der Waals surface area contributed by atoms with Gasteiger partial charge in [0, 0.05) is 7.05 Å². The Morgan fingerprint density at radius 2 is 2.38 bits per heavy atom. The normalized spacial score (nSPS) is 10.9. The number of aromatic nitrogens is 3. The van der Waals surface area contributed by atoms with Crippen LogP contribution in [0.15, 0.2) is 27.1 Å². The molecule has 2 aromatic heterocycles. The number of aryl methyl sites for hydroxylation is 2. The van der Waals surface area contributed by atoms with Crippen molar-refractivity contribution >= 4 is 17.4 Å². The number of rotatable bonds is 4. The molecule has 0 radical (unpaired) electrons. The Morgan fingerprint density at radius 1 is 1.56 bits per heavy atom. The first-order valence-electron chi connectivity index (χ1n) is 5.11. The van der Waals surface area contributed by atoms with E-state index in [0.29, 0.717) is 5.22 Å². The summed E-state index contributed by atoms with van der Waals surface area (Å²) in [4.78, 5) is 4.05. The molecule has 0 spiro atoms. The van der Waals surface area contributed by atoms with E-state index in [0.717, 1.165) is 29.2 Å². The van der Waals surface area contributed by atoms with E-state index in [-0.39, 0.29) is 0 Å². The van der Waals surface area contributed by atoms with Crippen LogP contribution in [0, 0.1) is 0 Å². The third-order valence-corrected chi connectivity index (χ3v) is 3.24. The van der Waals surface area contributed by atoms with Gasteiger partial charge in [-0.1, -0.05) is 13.3 Å². The molecule has 0 amide bonds. The molecule has 0 aliphatic rings. The first-order valence-corrected chi connectivity index (χ1v) is 5.92. The van der Waals surface area contributed by atoms with E-state index in [4.69, 9.17) is 10.2 Å². The summed E-state index contributed by atoms with van der Waals surface area (Å²) in [5, 5.41) is 5.84. The highest BCUT2D eigenvalue weighted by atomic mass is 32.2. The van der Waals surface area contributed by atoms with Crippen LogP contribution in [0.2, 0.25) is 0 Å². The van der Waals surface area contributed by atoms with Gasteiger partial charge in [0.2, 0.25) is 0 Å². The number of hydrogen-bond donors (Lipinski definition) is 1. The zero-order valence-electron chi connectivity index (χ0n) is 9.30. The summed E-state index contributed by atoms with van der Waals surface area (Å²) in [7, 11) is 1.88. The van der Waals surface area contributed by atoms with Gasteiger partial charge in [-0.05, 0) is 18.2 Å². The van der Waals surface area contributed by atoms with E-state index in [1.165, 1.54) is 11.8 Å². The van der Waals surface area contributed by atoms with Crippen molar-refractivity contribution in [1.29, 1.82) is 0 Å². The van der Waals surface area contributed by atoms with Crippen molar-refractivity contribution in [3.05, 3.63) is 18.2 Å². The second-order valence-electron chi connectivity index (χ2n) is 3.44. The molecular weight excluding hydrogens is 224 g/mol. The summed E-state index contributed by atoms with van der Waals surface area (Å²) in [6, 6.07) is 0. The maximum Gasteiger partial charge on any atom is 0.262 e. The van der Waals surface area contributed by atoms with Crippen LogP contribution < -0.4 is 5.73 Å².